The number of carbonyl (C=O) groups excluding carboxylic acids is 1. The second-order valence-corrected chi connectivity index (χ2v) is 7.79. The summed E-state index contributed by atoms with van der Waals surface area (Å²) in [6.07, 6.45) is 8.10. The molecule has 2 aromatic rings. The first-order valence-electron chi connectivity index (χ1n) is 10.5. The third kappa shape index (κ3) is 3.78. The Kier molecular flexibility index (Phi) is 5.67. The Morgan fingerprint density at radius 2 is 1.89 bits per heavy atom. The molecule has 6 heteroatoms. The molecule has 0 radical (unpaired) electrons. The predicted octanol–water partition coefficient (Wildman–Crippen LogP) is 3.02. The van der Waals surface area contributed by atoms with E-state index in [4.69, 9.17) is 4.74 Å². The molecule has 1 aliphatic heterocycles. The molecule has 1 aliphatic carbocycles. The summed E-state index contributed by atoms with van der Waals surface area (Å²) in [4.78, 5) is 33.4. The first-order chi connectivity index (χ1) is 13.7. The van der Waals surface area contributed by atoms with Crippen molar-refractivity contribution in [3.05, 3.63) is 40.2 Å². The van der Waals surface area contributed by atoms with Crippen molar-refractivity contribution in [3.8, 4) is 5.75 Å². The number of amides is 1. The van der Waals surface area contributed by atoms with Gasteiger partial charge in [-0.25, -0.2) is 0 Å². The molecule has 2 fully saturated rings. The van der Waals surface area contributed by atoms with Crippen LogP contribution in [0.15, 0.2) is 29.2 Å². The van der Waals surface area contributed by atoms with Gasteiger partial charge in [-0.15, -0.1) is 0 Å². The molecule has 6 nitrogen and oxygen atoms in total. The fourth-order valence-corrected chi connectivity index (χ4v) is 4.52. The number of aromatic amines is 1. The Morgan fingerprint density at radius 3 is 2.61 bits per heavy atom. The number of rotatable bonds is 4. The van der Waals surface area contributed by atoms with Crippen LogP contribution in [0.25, 0.3) is 10.9 Å². The van der Waals surface area contributed by atoms with Crippen molar-refractivity contribution in [2.45, 2.75) is 45.1 Å². The second-order valence-electron chi connectivity index (χ2n) is 7.79. The van der Waals surface area contributed by atoms with E-state index in [0.717, 1.165) is 13.1 Å². The minimum atomic E-state index is -0.227. The summed E-state index contributed by atoms with van der Waals surface area (Å²) in [6, 6.07) is 6.04. The maximum Gasteiger partial charge on any atom is 0.259 e. The fraction of sp³-hybridized carbons (Fsp3) is 0.545. The number of nitrogens with one attached hydrogen (secondary N) is 1. The molecule has 28 heavy (non-hydrogen) atoms. The maximum atomic E-state index is 13.0. The summed E-state index contributed by atoms with van der Waals surface area (Å²) in [5.41, 5.74) is 0.703. The molecule has 4 rings (SSSR count). The molecule has 1 amide bonds. The van der Waals surface area contributed by atoms with Crippen LogP contribution < -0.4 is 10.2 Å². The highest BCUT2D eigenvalue weighted by Gasteiger charge is 2.28. The first-order valence-corrected chi connectivity index (χ1v) is 10.5. The number of aromatic nitrogens is 1. The van der Waals surface area contributed by atoms with Crippen molar-refractivity contribution in [1.82, 2.24) is 14.8 Å². The maximum absolute atomic E-state index is 13.0. The van der Waals surface area contributed by atoms with E-state index in [0.29, 0.717) is 42.4 Å². The number of hydrogen-bond acceptors (Lipinski definition) is 4. The van der Waals surface area contributed by atoms with Crippen molar-refractivity contribution in [3.63, 3.8) is 0 Å². The van der Waals surface area contributed by atoms with Crippen LogP contribution in [0.4, 0.5) is 0 Å². The largest absolute Gasteiger partial charge is 0.494 e. The number of nitrogens with zero attached hydrogens (tertiary/aromatic N) is 2. The van der Waals surface area contributed by atoms with E-state index in [9.17, 15) is 9.59 Å². The van der Waals surface area contributed by atoms with Crippen LogP contribution in [0.3, 0.4) is 0 Å². The van der Waals surface area contributed by atoms with Crippen LogP contribution in [-0.4, -0.2) is 59.5 Å². The standard InChI is InChI=1S/C22H29N3O3/c1-2-28-17-8-9-20-18(14-17)21(26)19(15-23-20)22(27)25-12-10-24(11-13-25)16-6-4-3-5-7-16/h8-9,14-16H,2-7,10-13H2,1H3,(H,23,26). The number of fused-ring (bicyclic) bond motifs is 1. The SMILES string of the molecule is CCOc1ccc2[nH]cc(C(=O)N3CCN(C4CCCCC4)CC3)c(=O)c2c1. The van der Waals surface area contributed by atoms with E-state index < -0.39 is 0 Å². The summed E-state index contributed by atoms with van der Waals surface area (Å²) >= 11 is 0. The van der Waals surface area contributed by atoms with E-state index in [1.807, 2.05) is 24.0 Å². The minimum Gasteiger partial charge on any atom is -0.494 e. The Hall–Kier alpha value is -2.34. The number of piperazine rings is 1. The van der Waals surface area contributed by atoms with E-state index in [-0.39, 0.29) is 16.9 Å². The lowest BCUT2D eigenvalue weighted by Gasteiger charge is -2.40. The normalized spacial score (nSPS) is 19.1. The van der Waals surface area contributed by atoms with E-state index in [1.165, 1.54) is 32.1 Å². The molecule has 0 spiro atoms. The lowest BCUT2D eigenvalue weighted by molar-refractivity contribution is 0.0522. The lowest BCUT2D eigenvalue weighted by Crippen LogP contribution is -2.52. The smallest absolute Gasteiger partial charge is 0.259 e. The Bertz CT molecular complexity index is 894. The van der Waals surface area contributed by atoms with Gasteiger partial charge in [0.25, 0.3) is 5.91 Å². The quantitative estimate of drug-likeness (QED) is 0.881. The summed E-state index contributed by atoms with van der Waals surface area (Å²) in [7, 11) is 0. The average Bonchev–Trinajstić information content (AvgIpc) is 2.75. The van der Waals surface area contributed by atoms with Crippen molar-refractivity contribution < 1.29 is 9.53 Å². The highest BCUT2D eigenvalue weighted by atomic mass is 16.5. The summed E-state index contributed by atoms with van der Waals surface area (Å²) in [6.45, 7) is 5.61. The van der Waals surface area contributed by atoms with Gasteiger partial charge in [-0.1, -0.05) is 19.3 Å². The van der Waals surface area contributed by atoms with Crippen LogP contribution in [0, 0.1) is 0 Å². The van der Waals surface area contributed by atoms with Crippen LogP contribution in [-0.2, 0) is 0 Å². The van der Waals surface area contributed by atoms with Gasteiger partial charge in [0, 0.05) is 49.3 Å². The van der Waals surface area contributed by atoms with Gasteiger partial charge in [0.1, 0.15) is 11.3 Å². The number of pyridine rings is 1. The molecule has 1 aromatic carbocycles. The Balaban J connectivity index is 1.49. The zero-order valence-electron chi connectivity index (χ0n) is 16.6. The monoisotopic (exact) mass is 383 g/mol. The number of ether oxygens (including phenoxy) is 1. The fourth-order valence-electron chi connectivity index (χ4n) is 4.52. The van der Waals surface area contributed by atoms with Crippen molar-refractivity contribution in [1.29, 1.82) is 0 Å². The van der Waals surface area contributed by atoms with E-state index in [1.54, 1.807) is 12.3 Å². The topological polar surface area (TPSA) is 65.6 Å². The molecule has 1 N–H and O–H groups in total. The number of H-pyrrole nitrogens is 1. The van der Waals surface area contributed by atoms with E-state index >= 15 is 0 Å². The molecule has 0 atom stereocenters. The molecule has 150 valence electrons. The zero-order chi connectivity index (χ0) is 19.5. The molecule has 1 saturated carbocycles. The third-order valence-corrected chi connectivity index (χ3v) is 6.09. The van der Waals surface area contributed by atoms with Gasteiger partial charge in [0.05, 0.1) is 6.61 Å². The minimum absolute atomic E-state index is 0.173. The lowest BCUT2D eigenvalue weighted by atomic mass is 9.94. The van der Waals surface area contributed by atoms with Gasteiger partial charge in [0.2, 0.25) is 5.43 Å². The van der Waals surface area contributed by atoms with Gasteiger partial charge in [0.15, 0.2) is 0 Å². The molecule has 1 aromatic heterocycles. The third-order valence-electron chi connectivity index (χ3n) is 6.09. The molecule has 0 unspecified atom stereocenters. The molecule has 1 saturated heterocycles. The van der Waals surface area contributed by atoms with Gasteiger partial charge < -0.3 is 14.6 Å². The van der Waals surface area contributed by atoms with Crippen molar-refractivity contribution in [2.24, 2.45) is 0 Å². The number of hydrogen-bond donors (Lipinski definition) is 1. The van der Waals surface area contributed by atoms with Gasteiger partial charge in [-0.05, 0) is 38.0 Å². The van der Waals surface area contributed by atoms with Crippen LogP contribution in [0.5, 0.6) is 5.75 Å². The number of carbonyl (C=O) groups is 1. The Morgan fingerprint density at radius 1 is 1.14 bits per heavy atom. The Labute approximate surface area is 165 Å². The molecule has 0 bridgehead atoms. The number of benzene rings is 1. The predicted molar refractivity (Wildman–Crippen MR) is 110 cm³/mol. The zero-order valence-corrected chi connectivity index (χ0v) is 16.6. The van der Waals surface area contributed by atoms with Crippen LogP contribution in [0.1, 0.15) is 49.4 Å². The summed E-state index contributed by atoms with van der Waals surface area (Å²) in [5, 5.41) is 0.498. The van der Waals surface area contributed by atoms with E-state index in [2.05, 4.69) is 9.88 Å². The van der Waals surface area contributed by atoms with Gasteiger partial charge in [-0.3, -0.25) is 14.5 Å². The first kappa shape index (κ1) is 19.0. The van der Waals surface area contributed by atoms with Gasteiger partial charge >= 0.3 is 0 Å². The molecular weight excluding hydrogens is 354 g/mol. The second kappa shape index (κ2) is 8.35. The molecule has 2 heterocycles. The average molecular weight is 383 g/mol. The molecular formula is C22H29N3O3. The summed E-state index contributed by atoms with van der Waals surface area (Å²) < 4.78 is 5.50. The van der Waals surface area contributed by atoms with Gasteiger partial charge in [-0.2, -0.15) is 0 Å². The highest BCUT2D eigenvalue weighted by Crippen LogP contribution is 2.24. The van der Waals surface area contributed by atoms with Crippen molar-refractivity contribution in [2.75, 3.05) is 32.8 Å². The van der Waals surface area contributed by atoms with Crippen molar-refractivity contribution >= 4 is 16.8 Å². The molecule has 2 aliphatic rings. The highest BCUT2D eigenvalue weighted by molar-refractivity contribution is 5.97. The summed E-state index contributed by atoms with van der Waals surface area (Å²) in [5.74, 6) is 0.472. The van der Waals surface area contributed by atoms with Crippen LogP contribution >= 0.6 is 0 Å². The van der Waals surface area contributed by atoms with Crippen LogP contribution in [0.2, 0.25) is 0 Å².